The van der Waals surface area contributed by atoms with Gasteiger partial charge in [0.05, 0.1) is 5.92 Å². The first-order valence-electron chi connectivity index (χ1n) is 6.68. The number of aliphatic carboxylic acids is 1. The lowest BCUT2D eigenvalue weighted by molar-refractivity contribution is -0.143. The molecule has 0 saturated heterocycles. The number of carboxylic acids is 1. The van der Waals surface area contributed by atoms with E-state index in [2.05, 4.69) is 24.1 Å². The van der Waals surface area contributed by atoms with Gasteiger partial charge in [0.1, 0.15) is 0 Å². The highest BCUT2D eigenvalue weighted by Gasteiger charge is 2.24. The Morgan fingerprint density at radius 1 is 1.37 bits per heavy atom. The van der Waals surface area contributed by atoms with E-state index in [4.69, 9.17) is 5.11 Å². The van der Waals surface area contributed by atoms with Crippen LogP contribution in [0.2, 0.25) is 0 Å². The van der Waals surface area contributed by atoms with Crippen LogP contribution in [0.1, 0.15) is 33.3 Å². The summed E-state index contributed by atoms with van der Waals surface area (Å²) in [5, 5.41) is 12.4. The van der Waals surface area contributed by atoms with Crippen LogP contribution in [0.4, 0.5) is 0 Å². The van der Waals surface area contributed by atoms with Crippen molar-refractivity contribution in [1.29, 1.82) is 0 Å². The fourth-order valence-corrected chi connectivity index (χ4v) is 2.05. The van der Waals surface area contributed by atoms with Crippen molar-refractivity contribution in [3.8, 4) is 0 Å². The van der Waals surface area contributed by atoms with Gasteiger partial charge < -0.3 is 10.4 Å². The Labute approximate surface area is 115 Å². The molecule has 0 saturated carbocycles. The van der Waals surface area contributed by atoms with E-state index >= 15 is 0 Å². The quantitative estimate of drug-likeness (QED) is 0.793. The number of carbonyl (C=O) groups is 1. The molecule has 0 amide bonds. The van der Waals surface area contributed by atoms with E-state index in [0.29, 0.717) is 6.54 Å². The summed E-state index contributed by atoms with van der Waals surface area (Å²) >= 11 is 0. The van der Waals surface area contributed by atoms with Crippen LogP contribution in [0.25, 0.3) is 0 Å². The summed E-state index contributed by atoms with van der Waals surface area (Å²) in [6, 6.07) is 4.00. The highest BCUT2D eigenvalue weighted by Crippen LogP contribution is 2.21. The van der Waals surface area contributed by atoms with Crippen molar-refractivity contribution in [2.75, 3.05) is 13.1 Å². The molecule has 0 aliphatic carbocycles. The zero-order valence-corrected chi connectivity index (χ0v) is 12.2. The summed E-state index contributed by atoms with van der Waals surface area (Å²) in [6.45, 7) is 9.40. The van der Waals surface area contributed by atoms with Crippen molar-refractivity contribution in [1.82, 2.24) is 10.3 Å². The summed E-state index contributed by atoms with van der Waals surface area (Å²) in [4.78, 5) is 15.1. The largest absolute Gasteiger partial charge is 0.481 e. The molecule has 1 rings (SSSR count). The standard InChI is InChI=1S/C15H24N2O2/c1-11(2)13(14(18)19)9-17-10-15(3,4)12-5-7-16-8-6-12/h5-8,11,13,17H,9-10H2,1-4H3,(H,18,19). The lowest BCUT2D eigenvalue weighted by Crippen LogP contribution is -2.38. The average molecular weight is 264 g/mol. The molecule has 2 N–H and O–H groups in total. The fourth-order valence-electron chi connectivity index (χ4n) is 2.05. The van der Waals surface area contributed by atoms with Crippen LogP contribution in [0.5, 0.6) is 0 Å². The maximum Gasteiger partial charge on any atom is 0.308 e. The molecule has 0 fully saturated rings. The zero-order chi connectivity index (χ0) is 14.5. The lowest BCUT2D eigenvalue weighted by atomic mass is 9.85. The molecule has 19 heavy (non-hydrogen) atoms. The van der Waals surface area contributed by atoms with Gasteiger partial charge in [0.2, 0.25) is 0 Å². The first kappa shape index (κ1) is 15.6. The molecule has 0 radical (unpaired) electrons. The van der Waals surface area contributed by atoms with Crippen molar-refractivity contribution in [2.24, 2.45) is 11.8 Å². The van der Waals surface area contributed by atoms with Crippen LogP contribution < -0.4 is 5.32 Å². The van der Waals surface area contributed by atoms with Crippen LogP contribution >= 0.6 is 0 Å². The SMILES string of the molecule is CC(C)C(CNCC(C)(C)c1ccncc1)C(=O)O. The van der Waals surface area contributed by atoms with Crippen LogP contribution in [-0.4, -0.2) is 29.1 Å². The second kappa shape index (κ2) is 6.66. The van der Waals surface area contributed by atoms with Gasteiger partial charge in [-0.3, -0.25) is 9.78 Å². The van der Waals surface area contributed by atoms with Gasteiger partial charge in [0.15, 0.2) is 0 Å². The zero-order valence-electron chi connectivity index (χ0n) is 12.2. The van der Waals surface area contributed by atoms with E-state index in [1.807, 2.05) is 26.0 Å². The third-order valence-corrected chi connectivity index (χ3v) is 3.51. The van der Waals surface area contributed by atoms with Gasteiger partial charge in [-0.05, 0) is 23.6 Å². The molecule has 0 spiro atoms. The minimum Gasteiger partial charge on any atom is -0.481 e. The van der Waals surface area contributed by atoms with Gasteiger partial charge in [0.25, 0.3) is 0 Å². The Bertz CT molecular complexity index is 402. The van der Waals surface area contributed by atoms with Crippen molar-refractivity contribution < 1.29 is 9.90 Å². The molecule has 4 heteroatoms. The van der Waals surface area contributed by atoms with Gasteiger partial charge in [0, 0.05) is 30.9 Å². The molecular formula is C15H24N2O2. The Balaban J connectivity index is 2.54. The number of pyridine rings is 1. The minimum atomic E-state index is -0.732. The summed E-state index contributed by atoms with van der Waals surface area (Å²) in [5.41, 5.74) is 1.16. The molecule has 1 atom stereocenters. The van der Waals surface area contributed by atoms with Crippen LogP contribution in [0.3, 0.4) is 0 Å². The van der Waals surface area contributed by atoms with Gasteiger partial charge in [-0.1, -0.05) is 27.7 Å². The molecule has 0 aliphatic rings. The number of nitrogens with zero attached hydrogens (tertiary/aromatic N) is 1. The van der Waals surface area contributed by atoms with Crippen molar-refractivity contribution in [3.05, 3.63) is 30.1 Å². The van der Waals surface area contributed by atoms with E-state index in [0.717, 1.165) is 6.54 Å². The summed E-state index contributed by atoms with van der Waals surface area (Å²) < 4.78 is 0. The maximum atomic E-state index is 11.1. The average Bonchev–Trinajstić information content (AvgIpc) is 2.34. The van der Waals surface area contributed by atoms with E-state index in [-0.39, 0.29) is 17.3 Å². The number of hydrogen-bond acceptors (Lipinski definition) is 3. The molecule has 4 nitrogen and oxygen atoms in total. The number of aromatic nitrogens is 1. The summed E-state index contributed by atoms with van der Waals surface area (Å²) in [5.74, 6) is -0.938. The maximum absolute atomic E-state index is 11.1. The van der Waals surface area contributed by atoms with E-state index in [9.17, 15) is 4.79 Å². The Kier molecular flexibility index (Phi) is 5.48. The number of carboxylic acid groups (broad SMARTS) is 1. The monoisotopic (exact) mass is 264 g/mol. The van der Waals surface area contributed by atoms with Gasteiger partial charge in [-0.25, -0.2) is 0 Å². The summed E-state index contributed by atoms with van der Waals surface area (Å²) in [6.07, 6.45) is 3.57. The van der Waals surface area contributed by atoms with Crippen molar-refractivity contribution in [3.63, 3.8) is 0 Å². The first-order chi connectivity index (χ1) is 8.84. The third-order valence-electron chi connectivity index (χ3n) is 3.51. The van der Waals surface area contributed by atoms with Crippen molar-refractivity contribution >= 4 is 5.97 Å². The molecule has 0 bridgehead atoms. The number of hydrogen-bond donors (Lipinski definition) is 2. The fraction of sp³-hybridized carbons (Fsp3) is 0.600. The molecular weight excluding hydrogens is 240 g/mol. The van der Waals surface area contributed by atoms with E-state index in [1.54, 1.807) is 12.4 Å². The third kappa shape index (κ3) is 4.63. The van der Waals surface area contributed by atoms with E-state index in [1.165, 1.54) is 5.56 Å². The number of rotatable bonds is 7. The Morgan fingerprint density at radius 2 is 1.95 bits per heavy atom. The van der Waals surface area contributed by atoms with Crippen LogP contribution in [0.15, 0.2) is 24.5 Å². The normalized spacial score (nSPS) is 13.5. The summed E-state index contributed by atoms with van der Waals surface area (Å²) in [7, 11) is 0. The molecule has 0 aromatic carbocycles. The van der Waals surface area contributed by atoms with Gasteiger partial charge >= 0.3 is 5.97 Å². The number of nitrogens with one attached hydrogen (secondary N) is 1. The van der Waals surface area contributed by atoms with Crippen molar-refractivity contribution in [2.45, 2.75) is 33.1 Å². The van der Waals surface area contributed by atoms with Crippen LogP contribution in [0, 0.1) is 11.8 Å². The Morgan fingerprint density at radius 3 is 2.42 bits per heavy atom. The molecule has 0 aliphatic heterocycles. The minimum absolute atomic E-state index is 0.0387. The second-order valence-corrected chi connectivity index (χ2v) is 5.94. The smallest absolute Gasteiger partial charge is 0.308 e. The topological polar surface area (TPSA) is 62.2 Å². The first-order valence-corrected chi connectivity index (χ1v) is 6.68. The molecule has 106 valence electrons. The van der Waals surface area contributed by atoms with Crippen LogP contribution in [-0.2, 0) is 10.2 Å². The second-order valence-electron chi connectivity index (χ2n) is 5.94. The predicted molar refractivity (Wildman–Crippen MR) is 76.1 cm³/mol. The Hall–Kier alpha value is -1.42. The highest BCUT2D eigenvalue weighted by molar-refractivity contribution is 5.70. The highest BCUT2D eigenvalue weighted by atomic mass is 16.4. The van der Waals surface area contributed by atoms with Gasteiger partial charge in [-0.2, -0.15) is 0 Å². The molecule has 1 unspecified atom stereocenters. The molecule has 1 heterocycles. The molecule has 1 aromatic rings. The molecule has 1 aromatic heterocycles. The van der Waals surface area contributed by atoms with Gasteiger partial charge in [-0.15, -0.1) is 0 Å². The lowest BCUT2D eigenvalue weighted by Gasteiger charge is -2.27. The van der Waals surface area contributed by atoms with E-state index < -0.39 is 5.97 Å². The predicted octanol–water partition coefficient (Wildman–Crippen LogP) is 2.31.